The zero-order valence-electron chi connectivity index (χ0n) is 14.7. The van der Waals surface area contributed by atoms with Crippen molar-refractivity contribution in [2.45, 2.75) is 57.0 Å². The smallest absolute Gasteiger partial charge is 0.407 e. The minimum absolute atomic E-state index is 0.0540. The Morgan fingerprint density at radius 1 is 1.16 bits per heavy atom. The summed E-state index contributed by atoms with van der Waals surface area (Å²) in [6.45, 7) is 0.827. The summed E-state index contributed by atoms with van der Waals surface area (Å²) in [5, 5.41) is 13.0. The van der Waals surface area contributed by atoms with Crippen molar-refractivity contribution in [1.29, 1.82) is 0 Å². The number of carbonyl (C=O) groups excluding carboxylic acids is 1. The molecular formula is C19H29N3O3. The zero-order valence-corrected chi connectivity index (χ0v) is 14.7. The fourth-order valence-electron chi connectivity index (χ4n) is 5.96. The van der Waals surface area contributed by atoms with Gasteiger partial charge in [-0.25, -0.2) is 4.79 Å². The van der Waals surface area contributed by atoms with Crippen LogP contribution in [0.15, 0.2) is 12.2 Å². The Morgan fingerprint density at radius 3 is 2.40 bits per heavy atom. The highest BCUT2D eigenvalue weighted by molar-refractivity contribution is 5.84. The van der Waals surface area contributed by atoms with E-state index in [-0.39, 0.29) is 17.4 Å². The maximum atomic E-state index is 12.9. The lowest BCUT2D eigenvalue weighted by Gasteiger charge is -2.60. The van der Waals surface area contributed by atoms with Crippen molar-refractivity contribution in [2.75, 3.05) is 13.1 Å². The molecule has 0 heterocycles. The molecule has 25 heavy (non-hydrogen) atoms. The first-order valence-corrected chi connectivity index (χ1v) is 9.68. The highest BCUT2D eigenvalue weighted by Gasteiger charge is 2.60. The number of hydrogen-bond acceptors (Lipinski definition) is 3. The Morgan fingerprint density at radius 2 is 1.84 bits per heavy atom. The molecule has 5 fully saturated rings. The van der Waals surface area contributed by atoms with Crippen molar-refractivity contribution in [3.63, 3.8) is 0 Å². The molecule has 5 rings (SSSR count). The normalized spacial score (nSPS) is 38.9. The number of amides is 2. The lowest BCUT2D eigenvalue weighted by Crippen LogP contribution is -2.63. The Labute approximate surface area is 148 Å². The number of rotatable bonds is 6. The number of nitrogens with two attached hydrogens (primary N) is 1. The van der Waals surface area contributed by atoms with Crippen LogP contribution < -0.4 is 11.1 Å². The highest BCUT2D eigenvalue weighted by atomic mass is 16.4. The Bertz CT molecular complexity index is 570. The van der Waals surface area contributed by atoms with E-state index in [9.17, 15) is 14.7 Å². The third kappa shape index (κ3) is 3.05. The molecule has 4 bridgehead atoms. The van der Waals surface area contributed by atoms with E-state index < -0.39 is 6.09 Å². The van der Waals surface area contributed by atoms with Gasteiger partial charge >= 0.3 is 6.09 Å². The summed E-state index contributed by atoms with van der Waals surface area (Å²) in [6, 6.07) is 0.451. The van der Waals surface area contributed by atoms with Gasteiger partial charge < -0.3 is 21.1 Å². The molecule has 4 N–H and O–H groups in total. The van der Waals surface area contributed by atoms with Gasteiger partial charge in [0, 0.05) is 25.2 Å². The molecule has 5 aliphatic rings. The molecule has 0 aromatic rings. The SMILES string of the molecule is NC/C=C/CN(C(=O)O)C1[C@@H]2CC3C[C@H]1CC(C(=O)NC1CC1)(C3)C2. The quantitative estimate of drug-likeness (QED) is 0.640. The molecule has 138 valence electrons. The predicted octanol–water partition coefficient (Wildman–Crippen LogP) is 1.95. The van der Waals surface area contributed by atoms with Crippen molar-refractivity contribution >= 4 is 12.0 Å². The van der Waals surface area contributed by atoms with Crippen molar-refractivity contribution in [2.24, 2.45) is 28.9 Å². The molecule has 0 aliphatic heterocycles. The van der Waals surface area contributed by atoms with Crippen LogP contribution in [-0.2, 0) is 4.79 Å². The van der Waals surface area contributed by atoms with Gasteiger partial charge in [0.25, 0.3) is 0 Å². The molecule has 6 nitrogen and oxygen atoms in total. The summed E-state index contributed by atoms with van der Waals surface area (Å²) < 4.78 is 0. The first kappa shape index (κ1) is 16.9. The molecule has 0 saturated heterocycles. The fraction of sp³-hybridized carbons (Fsp3) is 0.789. The summed E-state index contributed by atoms with van der Waals surface area (Å²) in [6.07, 6.45) is 9.91. The van der Waals surface area contributed by atoms with Crippen molar-refractivity contribution in [3.8, 4) is 0 Å². The maximum Gasteiger partial charge on any atom is 0.407 e. The third-order valence-electron chi connectivity index (χ3n) is 6.83. The minimum atomic E-state index is -0.851. The second-order valence-electron chi connectivity index (χ2n) is 8.63. The number of carbonyl (C=O) groups is 2. The van der Waals surface area contributed by atoms with Gasteiger partial charge in [-0.3, -0.25) is 4.79 Å². The summed E-state index contributed by atoms with van der Waals surface area (Å²) in [5.74, 6) is 1.48. The summed E-state index contributed by atoms with van der Waals surface area (Å²) >= 11 is 0. The molecule has 0 aromatic carbocycles. The van der Waals surface area contributed by atoms with Crippen molar-refractivity contribution in [1.82, 2.24) is 10.2 Å². The molecule has 0 spiro atoms. The minimum Gasteiger partial charge on any atom is -0.465 e. The molecule has 3 unspecified atom stereocenters. The monoisotopic (exact) mass is 347 g/mol. The first-order valence-electron chi connectivity index (χ1n) is 9.68. The summed E-state index contributed by atoms with van der Waals surface area (Å²) in [7, 11) is 0. The van der Waals surface area contributed by atoms with Crippen molar-refractivity contribution < 1.29 is 14.7 Å². The van der Waals surface area contributed by atoms with E-state index in [1.165, 1.54) is 0 Å². The molecule has 6 heteroatoms. The topological polar surface area (TPSA) is 95.7 Å². The van der Waals surface area contributed by atoms with Crippen LogP contribution in [0.4, 0.5) is 4.79 Å². The second kappa shape index (κ2) is 6.31. The molecule has 0 aromatic heterocycles. The Balaban J connectivity index is 1.52. The van der Waals surface area contributed by atoms with Crippen LogP contribution >= 0.6 is 0 Å². The van der Waals surface area contributed by atoms with Gasteiger partial charge in [-0.05, 0) is 62.7 Å². The third-order valence-corrected chi connectivity index (χ3v) is 6.83. The Kier molecular flexibility index (Phi) is 4.26. The number of hydrogen-bond donors (Lipinski definition) is 3. The molecule has 0 radical (unpaired) electrons. The van der Waals surface area contributed by atoms with Crippen LogP contribution in [0, 0.1) is 23.2 Å². The second-order valence-corrected chi connectivity index (χ2v) is 8.63. The number of nitrogens with one attached hydrogen (secondary N) is 1. The number of carboxylic acid groups (broad SMARTS) is 1. The van der Waals surface area contributed by atoms with Gasteiger partial charge in [-0.1, -0.05) is 12.2 Å². The summed E-state index contributed by atoms with van der Waals surface area (Å²) in [4.78, 5) is 26.4. The maximum absolute atomic E-state index is 12.9. The van der Waals surface area contributed by atoms with E-state index in [0.29, 0.717) is 36.9 Å². The van der Waals surface area contributed by atoms with E-state index >= 15 is 0 Å². The van der Waals surface area contributed by atoms with Crippen LogP contribution in [0.25, 0.3) is 0 Å². The van der Waals surface area contributed by atoms with Gasteiger partial charge in [0.2, 0.25) is 5.91 Å². The van der Waals surface area contributed by atoms with E-state index in [4.69, 9.17) is 5.73 Å². The van der Waals surface area contributed by atoms with Crippen LogP contribution in [0.3, 0.4) is 0 Å². The number of nitrogens with zero attached hydrogens (tertiary/aromatic N) is 1. The summed E-state index contributed by atoms with van der Waals surface area (Å²) in [5.41, 5.74) is 5.25. The van der Waals surface area contributed by atoms with E-state index in [1.807, 2.05) is 12.2 Å². The molecular weight excluding hydrogens is 318 g/mol. The van der Waals surface area contributed by atoms with Gasteiger partial charge in [0.05, 0.1) is 5.41 Å². The van der Waals surface area contributed by atoms with Crippen molar-refractivity contribution in [3.05, 3.63) is 12.2 Å². The first-order chi connectivity index (χ1) is 12.0. The largest absolute Gasteiger partial charge is 0.465 e. The van der Waals surface area contributed by atoms with E-state index in [0.717, 1.165) is 44.9 Å². The van der Waals surface area contributed by atoms with E-state index in [1.54, 1.807) is 4.90 Å². The molecule has 2 amide bonds. The van der Waals surface area contributed by atoms with Gasteiger partial charge in [-0.2, -0.15) is 0 Å². The predicted molar refractivity (Wildman–Crippen MR) is 93.9 cm³/mol. The molecule has 5 saturated carbocycles. The van der Waals surface area contributed by atoms with Crippen LogP contribution in [-0.4, -0.2) is 47.2 Å². The molecule has 5 aliphatic carbocycles. The standard InChI is InChI=1S/C19H29N3O3/c20-5-1-2-6-22(18(24)25)16-13-7-12-8-14(16)11-19(9-12,10-13)17(23)21-15-3-4-15/h1-2,12-16H,3-11,20H2,(H,21,23)(H,24,25)/b2-1+/t12?,13-,14+,16?,19?. The average molecular weight is 347 g/mol. The zero-order chi connectivity index (χ0) is 17.6. The fourth-order valence-corrected chi connectivity index (χ4v) is 5.96. The van der Waals surface area contributed by atoms with E-state index in [2.05, 4.69) is 5.32 Å². The van der Waals surface area contributed by atoms with Crippen LogP contribution in [0.5, 0.6) is 0 Å². The molecule has 5 atom stereocenters. The lowest BCUT2D eigenvalue weighted by molar-refractivity contribution is -0.154. The van der Waals surface area contributed by atoms with Crippen LogP contribution in [0.1, 0.15) is 44.9 Å². The Hall–Kier alpha value is -1.56. The average Bonchev–Trinajstić information content (AvgIpc) is 3.36. The van der Waals surface area contributed by atoms with Gasteiger partial charge in [-0.15, -0.1) is 0 Å². The van der Waals surface area contributed by atoms with Gasteiger partial charge in [0.15, 0.2) is 0 Å². The highest BCUT2D eigenvalue weighted by Crippen LogP contribution is 2.61. The van der Waals surface area contributed by atoms with Crippen LogP contribution in [0.2, 0.25) is 0 Å². The van der Waals surface area contributed by atoms with Gasteiger partial charge in [0.1, 0.15) is 0 Å². The lowest BCUT2D eigenvalue weighted by atomic mass is 9.47.